The smallest absolute Gasteiger partial charge is 0.341 e. The third kappa shape index (κ3) is 5.78. The number of thiophene rings is 1. The summed E-state index contributed by atoms with van der Waals surface area (Å²) in [5.74, 6) is -0.153. The minimum absolute atomic E-state index is 0.148. The Balaban J connectivity index is 1.55. The highest BCUT2D eigenvalue weighted by Gasteiger charge is 2.24. The van der Waals surface area contributed by atoms with Crippen molar-refractivity contribution in [3.05, 3.63) is 68.5 Å². The van der Waals surface area contributed by atoms with E-state index in [1.165, 1.54) is 42.4 Å². The van der Waals surface area contributed by atoms with Gasteiger partial charge >= 0.3 is 5.97 Å². The normalized spacial score (nSPS) is 13.2. The van der Waals surface area contributed by atoms with E-state index in [1.54, 1.807) is 0 Å². The number of ether oxygens (including phenoxy) is 2. The molecular formula is C28H30BrNO4S. The first-order valence-electron chi connectivity index (χ1n) is 11.7. The molecule has 0 saturated heterocycles. The molecule has 4 rings (SSSR count). The number of nitrogens with one attached hydrogen (secondary N) is 1. The summed E-state index contributed by atoms with van der Waals surface area (Å²) < 4.78 is 11.9. The predicted octanol–water partition coefficient (Wildman–Crippen LogP) is 7.16. The third-order valence-electron chi connectivity index (χ3n) is 6.20. The Morgan fingerprint density at radius 3 is 2.51 bits per heavy atom. The minimum Gasteiger partial charge on any atom is -0.483 e. The second-order valence-corrected chi connectivity index (χ2v) is 11.6. The Bertz CT molecular complexity index is 1260. The van der Waals surface area contributed by atoms with E-state index < -0.39 is 5.97 Å². The van der Waals surface area contributed by atoms with Gasteiger partial charge in [-0.25, -0.2) is 4.79 Å². The van der Waals surface area contributed by atoms with Crippen molar-refractivity contribution in [3.8, 4) is 16.9 Å². The summed E-state index contributed by atoms with van der Waals surface area (Å²) in [6.45, 7) is 6.12. The molecule has 7 heteroatoms. The lowest BCUT2D eigenvalue weighted by Crippen LogP contribution is -2.22. The van der Waals surface area contributed by atoms with Crippen molar-refractivity contribution in [2.45, 2.75) is 51.9 Å². The molecular weight excluding hydrogens is 526 g/mol. The molecule has 35 heavy (non-hydrogen) atoms. The largest absolute Gasteiger partial charge is 0.483 e. The molecule has 1 N–H and O–H groups in total. The number of anilines is 1. The Kier molecular flexibility index (Phi) is 7.67. The van der Waals surface area contributed by atoms with Gasteiger partial charge in [-0.2, -0.15) is 0 Å². The van der Waals surface area contributed by atoms with E-state index in [0.29, 0.717) is 16.3 Å². The quantitative estimate of drug-likeness (QED) is 0.328. The first-order chi connectivity index (χ1) is 16.7. The van der Waals surface area contributed by atoms with E-state index in [9.17, 15) is 9.59 Å². The van der Waals surface area contributed by atoms with Gasteiger partial charge in [-0.3, -0.25) is 4.79 Å². The number of hydrogen-bond acceptors (Lipinski definition) is 5. The predicted molar refractivity (Wildman–Crippen MR) is 145 cm³/mol. The first-order valence-corrected chi connectivity index (χ1v) is 13.4. The summed E-state index contributed by atoms with van der Waals surface area (Å²) in [4.78, 5) is 25.5. The van der Waals surface area contributed by atoms with Gasteiger partial charge < -0.3 is 14.8 Å². The molecule has 2 aromatic carbocycles. The van der Waals surface area contributed by atoms with E-state index in [4.69, 9.17) is 9.47 Å². The SMILES string of the molecule is COC(=O)c1c(-c2ccc3c(c2)CCCC3)csc1NC(=O)COc1ccc(Br)cc1C(C)(C)C. The van der Waals surface area contributed by atoms with Crippen molar-refractivity contribution in [1.82, 2.24) is 0 Å². The number of amides is 1. The highest BCUT2D eigenvalue weighted by molar-refractivity contribution is 9.10. The zero-order valence-corrected chi connectivity index (χ0v) is 22.9. The number of esters is 1. The van der Waals surface area contributed by atoms with E-state index in [1.807, 2.05) is 23.6 Å². The molecule has 1 aromatic heterocycles. The van der Waals surface area contributed by atoms with Crippen LogP contribution in [0.1, 0.15) is 60.7 Å². The first kappa shape index (κ1) is 25.5. The molecule has 184 valence electrons. The fourth-order valence-corrected chi connectivity index (χ4v) is 5.72. The zero-order chi connectivity index (χ0) is 25.2. The van der Waals surface area contributed by atoms with Crippen LogP contribution in [0.2, 0.25) is 0 Å². The van der Waals surface area contributed by atoms with Gasteiger partial charge in [-0.15, -0.1) is 11.3 Å². The van der Waals surface area contributed by atoms with E-state index >= 15 is 0 Å². The van der Waals surface area contributed by atoms with Gasteiger partial charge in [0.1, 0.15) is 16.3 Å². The lowest BCUT2D eigenvalue weighted by atomic mass is 9.86. The monoisotopic (exact) mass is 555 g/mol. The molecule has 0 fully saturated rings. The van der Waals surface area contributed by atoms with Crippen LogP contribution in [0.5, 0.6) is 5.75 Å². The summed E-state index contributed by atoms with van der Waals surface area (Å²) in [6, 6.07) is 12.1. The maximum Gasteiger partial charge on any atom is 0.341 e. The van der Waals surface area contributed by atoms with Crippen molar-refractivity contribution >= 4 is 44.1 Å². The number of hydrogen-bond donors (Lipinski definition) is 1. The maximum atomic E-state index is 12.8. The standard InChI is InChI=1S/C28H30BrNO4S/c1-28(2,3)22-14-20(29)11-12-23(22)34-15-24(31)30-26-25(27(32)33-4)21(16-35-26)19-10-9-17-7-5-6-8-18(17)13-19/h9-14,16H,5-8,15H2,1-4H3,(H,30,31). The van der Waals surface area contributed by atoms with Gasteiger partial charge in [0.25, 0.3) is 5.91 Å². The molecule has 1 aliphatic carbocycles. The second kappa shape index (κ2) is 10.5. The van der Waals surface area contributed by atoms with Crippen molar-refractivity contribution < 1.29 is 19.1 Å². The molecule has 0 saturated carbocycles. The highest BCUT2D eigenvalue weighted by atomic mass is 79.9. The van der Waals surface area contributed by atoms with Gasteiger partial charge in [0.2, 0.25) is 0 Å². The molecule has 0 atom stereocenters. The number of benzene rings is 2. The zero-order valence-electron chi connectivity index (χ0n) is 20.5. The molecule has 0 spiro atoms. The van der Waals surface area contributed by atoms with Crippen LogP contribution in [0.15, 0.2) is 46.3 Å². The number of fused-ring (bicyclic) bond motifs is 1. The Hall–Kier alpha value is -2.64. The van der Waals surface area contributed by atoms with Gasteiger partial charge in [0, 0.05) is 21.0 Å². The molecule has 1 aliphatic rings. The van der Waals surface area contributed by atoms with Crippen LogP contribution in [0.4, 0.5) is 5.00 Å². The lowest BCUT2D eigenvalue weighted by Gasteiger charge is -2.23. The Morgan fingerprint density at radius 2 is 1.80 bits per heavy atom. The summed E-state index contributed by atoms with van der Waals surface area (Å²) >= 11 is 4.82. The molecule has 3 aromatic rings. The van der Waals surface area contributed by atoms with Crippen LogP contribution in [0.3, 0.4) is 0 Å². The summed E-state index contributed by atoms with van der Waals surface area (Å²) in [7, 11) is 1.35. The van der Waals surface area contributed by atoms with Gasteiger partial charge in [0.15, 0.2) is 6.61 Å². The average Bonchev–Trinajstić information content (AvgIpc) is 3.25. The van der Waals surface area contributed by atoms with Gasteiger partial charge in [-0.1, -0.05) is 54.9 Å². The number of methoxy groups -OCH3 is 1. The number of rotatable bonds is 6. The number of carbonyl (C=O) groups is 2. The molecule has 0 bridgehead atoms. The summed E-state index contributed by atoms with van der Waals surface area (Å²) in [6.07, 6.45) is 4.54. The topological polar surface area (TPSA) is 64.6 Å². The number of carbonyl (C=O) groups excluding carboxylic acids is 2. The minimum atomic E-state index is -0.474. The van der Waals surface area contributed by atoms with Crippen molar-refractivity contribution in [1.29, 1.82) is 0 Å². The molecule has 5 nitrogen and oxygen atoms in total. The van der Waals surface area contributed by atoms with E-state index in [-0.39, 0.29) is 17.9 Å². The van der Waals surface area contributed by atoms with Crippen molar-refractivity contribution in [3.63, 3.8) is 0 Å². The van der Waals surface area contributed by atoms with E-state index in [0.717, 1.165) is 34.0 Å². The van der Waals surface area contributed by atoms with Gasteiger partial charge in [0.05, 0.1) is 7.11 Å². The third-order valence-corrected chi connectivity index (χ3v) is 7.59. The maximum absolute atomic E-state index is 12.8. The lowest BCUT2D eigenvalue weighted by molar-refractivity contribution is -0.118. The average molecular weight is 557 g/mol. The molecule has 0 aliphatic heterocycles. The number of aryl methyl sites for hydroxylation is 2. The molecule has 1 heterocycles. The Morgan fingerprint density at radius 1 is 1.06 bits per heavy atom. The van der Waals surface area contributed by atoms with E-state index in [2.05, 4.69) is 60.2 Å². The van der Waals surface area contributed by atoms with Crippen LogP contribution >= 0.6 is 27.3 Å². The van der Waals surface area contributed by atoms with Crippen LogP contribution in [-0.2, 0) is 27.8 Å². The fraction of sp³-hybridized carbons (Fsp3) is 0.357. The van der Waals surface area contributed by atoms with Crippen molar-refractivity contribution in [2.75, 3.05) is 19.0 Å². The second-order valence-electron chi connectivity index (χ2n) is 9.76. The summed E-state index contributed by atoms with van der Waals surface area (Å²) in [5, 5.41) is 5.23. The van der Waals surface area contributed by atoms with Crippen LogP contribution < -0.4 is 10.1 Å². The van der Waals surface area contributed by atoms with Gasteiger partial charge in [-0.05, 0) is 66.0 Å². The van der Waals surface area contributed by atoms with Crippen LogP contribution in [-0.4, -0.2) is 25.6 Å². The Labute approximate surface area is 219 Å². The molecule has 0 unspecified atom stereocenters. The van der Waals surface area contributed by atoms with Crippen molar-refractivity contribution in [2.24, 2.45) is 0 Å². The molecule has 1 amide bonds. The number of halogens is 1. The fourth-order valence-electron chi connectivity index (χ4n) is 4.39. The van der Waals surface area contributed by atoms with Crippen LogP contribution in [0, 0.1) is 0 Å². The van der Waals surface area contributed by atoms with Crippen LogP contribution in [0.25, 0.3) is 11.1 Å². The highest BCUT2D eigenvalue weighted by Crippen LogP contribution is 2.38. The summed E-state index contributed by atoms with van der Waals surface area (Å²) in [5.41, 5.74) is 5.67. The molecule has 0 radical (unpaired) electrons.